The summed E-state index contributed by atoms with van der Waals surface area (Å²) in [6.07, 6.45) is -0.668. The Morgan fingerprint density at radius 3 is 2.50 bits per heavy atom. The van der Waals surface area contributed by atoms with Gasteiger partial charge in [-0.15, -0.1) is 0 Å². The van der Waals surface area contributed by atoms with Crippen LogP contribution in [-0.2, 0) is 4.74 Å². The molecule has 0 spiro atoms. The minimum absolute atomic E-state index is 0.0211. The summed E-state index contributed by atoms with van der Waals surface area (Å²) in [6.45, 7) is 7.88. The van der Waals surface area contributed by atoms with E-state index < -0.39 is 11.9 Å². The van der Waals surface area contributed by atoms with Gasteiger partial charge in [-0.2, -0.15) is 0 Å². The molecule has 1 rings (SSSR count). The van der Waals surface area contributed by atoms with E-state index >= 15 is 0 Å². The second kappa shape index (κ2) is 5.81. The molecule has 4 heteroatoms. The van der Waals surface area contributed by atoms with Gasteiger partial charge in [-0.25, -0.2) is 4.39 Å². The van der Waals surface area contributed by atoms with Crippen LogP contribution >= 0.6 is 11.6 Å². The van der Waals surface area contributed by atoms with Gasteiger partial charge in [0.25, 0.3) is 0 Å². The highest BCUT2D eigenvalue weighted by Gasteiger charge is 2.33. The minimum atomic E-state index is -0.668. The number of hydrogen-bond donors (Lipinski definition) is 0. The van der Waals surface area contributed by atoms with Crippen LogP contribution in [0.5, 0.6) is 0 Å². The van der Waals surface area contributed by atoms with Gasteiger partial charge in [-0.05, 0) is 30.5 Å². The fraction of sp³-hybridized carbons (Fsp3) is 0.500. The topological polar surface area (TPSA) is 26.3 Å². The summed E-state index contributed by atoms with van der Waals surface area (Å²) in [6, 6.07) is 4.04. The number of benzene rings is 1. The molecule has 1 unspecified atom stereocenters. The van der Waals surface area contributed by atoms with Crippen LogP contribution in [0, 0.1) is 11.2 Å². The van der Waals surface area contributed by atoms with Gasteiger partial charge in [0.15, 0.2) is 5.78 Å². The number of ketones is 1. The summed E-state index contributed by atoms with van der Waals surface area (Å²) in [5.41, 5.74) is -0.369. The molecule has 1 aromatic carbocycles. The highest BCUT2D eigenvalue weighted by Crippen LogP contribution is 2.27. The number of halogens is 2. The number of carbonyl (C=O) groups excluding carboxylic acids is 1. The predicted octanol–water partition coefficient (Wildman–Crippen LogP) is 4.11. The lowest BCUT2D eigenvalue weighted by molar-refractivity contribution is -0.000481. The van der Waals surface area contributed by atoms with Crippen molar-refractivity contribution in [3.63, 3.8) is 0 Å². The average molecular weight is 273 g/mol. The molecule has 2 nitrogen and oxygen atoms in total. The van der Waals surface area contributed by atoms with E-state index in [0.717, 1.165) is 6.07 Å². The van der Waals surface area contributed by atoms with Crippen molar-refractivity contribution in [1.29, 1.82) is 0 Å². The van der Waals surface area contributed by atoms with Crippen LogP contribution in [0.15, 0.2) is 18.2 Å². The van der Waals surface area contributed by atoms with Crippen molar-refractivity contribution in [3.05, 3.63) is 34.6 Å². The molecule has 0 aliphatic carbocycles. The molecular weight excluding hydrogens is 255 g/mol. The van der Waals surface area contributed by atoms with Crippen molar-refractivity contribution < 1.29 is 13.9 Å². The van der Waals surface area contributed by atoms with Crippen LogP contribution in [0.3, 0.4) is 0 Å². The third-order valence-corrected chi connectivity index (χ3v) is 2.79. The Balaban J connectivity index is 3.10. The fourth-order valence-corrected chi connectivity index (χ4v) is 1.87. The van der Waals surface area contributed by atoms with Gasteiger partial charge in [0, 0.05) is 11.6 Å². The molecule has 0 radical (unpaired) electrons. The molecule has 0 fully saturated rings. The van der Waals surface area contributed by atoms with Crippen LogP contribution in [0.4, 0.5) is 4.39 Å². The van der Waals surface area contributed by atoms with E-state index in [2.05, 4.69) is 0 Å². The standard InChI is InChI=1S/C14H18ClFO2/c1-5-18-13(14(2,3)4)12(17)10-7-6-9(15)8-11(10)16/h6-8,13H,5H2,1-4H3. The van der Waals surface area contributed by atoms with E-state index in [0.29, 0.717) is 6.61 Å². The number of ether oxygens (including phenoxy) is 1. The number of hydrogen-bond acceptors (Lipinski definition) is 2. The van der Waals surface area contributed by atoms with Crippen molar-refractivity contribution in [1.82, 2.24) is 0 Å². The second-order valence-corrected chi connectivity index (χ2v) is 5.63. The first-order valence-electron chi connectivity index (χ1n) is 5.88. The highest BCUT2D eigenvalue weighted by molar-refractivity contribution is 6.30. The van der Waals surface area contributed by atoms with E-state index in [-0.39, 0.29) is 21.8 Å². The lowest BCUT2D eigenvalue weighted by Gasteiger charge is -2.29. The Hall–Kier alpha value is -0.930. The van der Waals surface area contributed by atoms with E-state index in [4.69, 9.17) is 16.3 Å². The van der Waals surface area contributed by atoms with E-state index in [1.54, 1.807) is 0 Å². The maximum Gasteiger partial charge on any atom is 0.195 e. The molecule has 0 aliphatic rings. The van der Waals surface area contributed by atoms with E-state index in [9.17, 15) is 9.18 Å². The van der Waals surface area contributed by atoms with E-state index in [1.165, 1.54) is 12.1 Å². The van der Waals surface area contributed by atoms with Crippen molar-refractivity contribution in [3.8, 4) is 0 Å². The second-order valence-electron chi connectivity index (χ2n) is 5.19. The monoisotopic (exact) mass is 272 g/mol. The molecular formula is C14H18ClFO2. The summed E-state index contributed by atoms with van der Waals surface area (Å²) in [7, 11) is 0. The Morgan fingerprint density at radius 2 is 2.06 bits per heavy atom. The van der Waals surface area contributed by atoms with Crippen LogP contribution in [0.1, 0.15) is 38.1 Å². The zero-order valence-corrected chi connectivity index (χ0v) is 11.8. The molecule has 0 aromatic heterocycles. The van der Waals surface area contributed by atoms with Gasteiger partial charge in [0.1, 0.15) is 11.9 Å². The Labute approximate surface area is 112 Å². The number of carbonyl (C=O) groups is 1. The zero-order valence-electron chi connectivity index (χ0n) is 11.1. The molecule has 1 aromatic rings. The Kier molecular flexibility index (Phi) is 4.88. The lowest BCUT2D eigenvalue weighted by atomic mass is 9.84. The summed E-state index contributed by atoms with van der Waals surface area (Å²) < 4.78 is 19.2. The van der Waals surface area contributed by atoms with Crippen molar-refractivity contribution in [2.24, 2.45) is 5.41 Å². The van der Waals surface area contributed by atoms with Gasteiger partial charge < -0.3 is 4.74 Å². The van der Waals surface area contributed by atoms with Gasteiger partial charge in [-0.1, -0.05) is 32.4 Å². The quantitative estimate of drug-likeness (QED) is 0.771. The molecule has 0 amide bonds. The normalized spacial score (nSPS) is 13.4. The van der Waals surface area contributed by atoms with Gasteiger partial charge in [-0.3, -0.25) is 4.79 Å². The van der Waals surface area contributed by atoms with Crippen LogP contribution in [0.2, 0.25) is 5.02 Å². The molecule has 0 saturated heterocycles. The molecule has 1 atom stereocenters. The molecule has 0 bridgehead atoms. The lowest BCUT2D eigenvalue weighted by Crippen LogP contribution is -2.37. The van der Waals surface area contributed by atoms with Crippen LogP contribution < -0.4 is 0 Å². The van der Waals surface area contributed by atoms with Crippen molar-refractivity contribution in [2.75, 3.05) is 6.61 Å². The smallest absolute Gasteiger partial charge is 0.195 e. The molecule has 0 aliphatic heterocycles. The summed E-state index contributed by atoms with van der Waals surface area (Å²) >= 11 is 5.67. The summed E-state index contributed by atoms with van der Waals surface area (Å²) in [5, 5.41) is 0.271. The SMILES string of the molecule is CCOC(C(=O)c1ccc(Cl)cc1F)C(C)(C)C. The predicted molar refractivity (Wildman–Crippen MR) is 70.6 cm³/mol. The van der Waals surface area contributed by atoms with Gasteiger partial charge in [0.05, 0.1) is 5.56 Å². The first kappa shape index (κ1) is 15.1. The molecule has 0 heterocycles. The summed E-state index contributed by atoms with van der Waals surface area (Å²) in [4.78, 5) is 12.3. The van der Waals surface area contributed by atoms with Gasteiger partial charge in [0.2, 0.25) is 0 Å². The Morgan fingerprint density at radius 1 is 1.44 bits per heavy atom. The number of rotatable bonds is 4. The zero-order chi connectivity index (χ0) is 13.9. The molecule has 0 saturated carbocycles. The maximum absolute atomic E-state index is 13.7. The van der Waals surface area contributed by atoms with Crippen LogP contribution in [0.25, 0.3) is 0 Å². The molecule has 100 valence electrons. The Bertz CT molecular complexity index is 438. The number of Topliss-reactive ketones (excluding diaryl/α,β-unsaturated/α-hetero) is 1. The largest absolute Gasteiger partial charge is 0.370 e. The summed E-state index contributed by atoms with van der Waals surface area (Å²) in [5.74, 6) is -0.958. The molecule has 0 N–H and O–H groups in total. The maximum atomic E-state index is 13.7. The minimum Gasteiger partial charge on any atom is -0.370 e. The van der Waals surface area contributed by atoms with Crippen molar-refractivity contribution >= 4 is 17.4 Å². The highest BCUT2D eigenvalue weighted by atomic mass is 35.5. The van der Waals surface area contributed by atoms with Gasteiger partial charge >= 0.3 is 0 Å². The third-order valence-electron chi connectivity index (χ3n) is 2.55. The molecule has 18 heavy (non-hydrogen) atoms. The average Bonchev–Trinajstić information content (AvgIpc) is 2.23. The van der Waals surface area contributed by atoms with E-state index in [1.807, 2.05) is 27.7 Å². The first-order valence-corrected chi connectivity index (χ1v) is 6.26. The van der Waals surface area contributed by atoms with Crippen LogP contribution in [-0.4, -0.2) is 18.5 Å². The third kappa shape index (κ3) is 3.53. The fourth-order valence-electron chi connectivity index (χ4n) is 1.72. The first-order chi connectivity index (χ1) is 8.27. The van der Waals surface area contributed by atoms with Crippen molar-refractivity contribution in [2.45, 2.75) is 33.8 Å².